The summed E-state index contributed by atoms with van der Waals surface area (Å²) in [5, 5.41) is 3.76. The number of fused-ring (bicyclic) bond motifs is 8. The van der Waals surface area contributed by atoms with E-state index in [1.807, 2.05) is 42.5 Å². The fourth-order valence-electron chi connectivity index (χ4n) is 3.31. The monoisotopic (exact) mass is 466 g/mol. The predicted molar refractivity (Wildman–Crippen MR) is 114 cm³/mol. The first-order chi connectivity index (χ1) is 13.2. The Bertz CT molecular complexity index is 1410. The molecule has 132 valence electrons. The Labute approximate surface area is 167 Å². The number of H-pyrrole nitrogens is 4. The number of aromatic nitrogens is 4. The molecule has 0 spiro atoms. The van der Waals surface area contributed by atoms with E-state index in [1.54, 1.807) is 0 Å². The van der Waals surface area contributed by atoms with Crippen molar-refractivity contribution in [3.8, 4) is 0 Å². The highest BCUT2D eigenvalue weighted by Crippen LogP contribution is 2.18. The lowest BCUT2D eigenvalue weighted by Crippen LogP contribution is -2.15. The SMILES string of the molecule is O=CC1=c2ccc([nH]2)=C(I)c2ccc([nH]2)C=c2ccc([nH]2)=Cc2ccc1[nH]2. The molecule has 0 amide bonds. The number of rotatable bonds is 1. The standard InChI is InChI=1S/C21H15IN4O/c22-21-19-6-4-15(25-19)10-13-2-1-12(23-13)9-14-3-5-17(24-14)16(11-27)18-7-8-20(21)26-18/h1-11,23-26H. The van der Waals surface area contributed by atoms with Gasteiger partial charge < -0.3 is 19.9 Å². The number of carbonyl (C=O) groups excluding carboxylic acids is 1. The molecule has 0 fully saturated rings. The van der Waals surface area contributed by atoms with Gasteiger partial charge in [-0.15, -0.1) is 0 Å². The van der Waals surface area contributed by atoms with Crippen molar-refractivity contribution in [3.05, 3.63) is 92.7 Å². The second kappa shape index (κ2) is 6.31. The minimum absolute atomic E-state index is 0.602. The van der Waals surface area contributed by atoms with Crippen LogP contribution in [0.15, 0.2) is 48.5 Å². The molecule has 0 saturated heterocycles. The molecule has 0 aromatic carbocycles. The van der Waals surface area contributed by atoms with Gasteiger partial charge in [-0.05, 0) is 83.3 Å². The first-order valence-electron chi connectivity index (χ1n) is 8.51. The normalized spacial score (nSPS) is 13.2. The molecule has 8 bridgehead atoms. The Morgan fingerprint density at radius 3 is 2.00 bits per heavy atom. The molecular weight excluding hydrogens is 451 g/mol. The highest BCUT2D eigenvalue weighted by Gasteiger charge is 2.07. The van der Waals surface area contributed by atoms with Gasteiger partial charge in [-0.2, -0.15) is 0 Å². The maximum atomic E-state index is 11.8. The molecule has 0 saturated carbocycles. The van der Waals surface area contributed by atoms with Crippen LogP contribution in [0.3, 0.4) is 0 Å². The summed E-state index contributed by atoms with van der Waals surface area (Å²) < 4.78 is 1.06. The van der Waals surface area contributed by atoms with E-state index in [9.17, 15) is 4.79 Å². The van der Waals surface area contributed by atoms with Crippen LogP contribution in [-0.2, 0) is 4.79 Å². The Morgan fingerprint density at radius 2 is 1.30 bits per heavy atom. The fourth-order valence-corrected chi connectivity index (χ4v) is 3.94. The maximum absolute atomic E-state index is 11.8. The largest absolute Gasteiger partial charge is 0.355 e. The van der Waals surface area contributed by atoms with Crippen molar-refractivity contribution >= 4 is 50.2 Å². The quantitative estimate of drug-likeness (QED) is 0.245. The van der Waals surface area contributed by atoms with E-state index in [0.29, 0.717) is 5.57 Å². The number of aldehydes is 1. The number of carbonyl (C=O) groups is 1. The Kier molecular flexibility index (Phi) is 3.78. The van der Waals surface area contributed by atoms with Gasteiger partial charge in [0.2, 0.25) is 0 Å². The van der Waals surface area contributed by atoms with Gasteiger partial charge in [-0.3, -0.25) is 4.79 Å². The molecule has 27 heavy (non-hydrogen) atoms. The lowest BCUT2D eigenvalue weighted by Gasteiger charge is -1.96. The van der Waals surface area contributed by atoms with Crippen molar-refractivity contribution in [1.29, 1.82) is 0 Å². The molecule has 1 aliphatic rings. The summed E-state index contributed by atoms with van der Waals surface area (Å²) in [5.74, 6) is 0. The summed E-state index contributed by atoms with van der Waals surface area (Å²) in [6.07, 6.45) is 4.98. The van der Waals surface area contributed by atoms with Crippen LogP contribution in [0.5, 0.6) is 0 Å². The zero-order valence-corrected chi connectivity index (χ0v) is 16.3. The third-order valence-corrected chi connectivity index (χ3v) is 5.79. The van der Waals surface area contributed by atoms with E-state index in [-0.39, 0.29) is 0 Å². The van der Waals surface area contributed by atoms with Gasteiger partial charge in [0.1, 0.15) is 0 Å². The average molecular weight is 466 g/mol. The van der Waals surface area contributed by atoms with Gasteiger partial charge in [-0.25, -0.2) is 0 Å². The summed E-state index contributed by atoms with van der Waals surface area (Å²) in [4.78, 5) is 25.3. The third-order valence-electron chi connectivity index (χ3n) is 4.63. The van der Waals surface area contributed by atoms with E-state index in [4.69, 9.17) is 0 Å². The van der Waals surface area contributed by atoms with Gasteiger partial charge in [-0.1, -0.05) is 0 Å². The molecule has 5 heterocycles. The molecule has 6 heteroatoms. The third kappa shape index (κ3) is 2.91. The molecule has 0 atom stereocenters. The molecule has 0 aliphatic carbocycles. The van der Waals surface area contributed by atoms with Crippen LogP contribution in [0.25, 0.3) is 21.3 Å². The Hall–Kier alpha value is -3.00. The topological polar surface area (TPSA) is 80.2 Å². The first-order valence-corrected chi connectivity index (χ1v) is 9.59. The van der Waals surface area contributed by atoms with Crippen molar-refractivity contribution in [1.82, 2.24) is 19.9 Å². The zero-order chi connectivity index (χ0) is 18.4. The molecule has 4 aromatic heterocycles. The Balaban J connectivity index is 1.87. The predicted octanol–water partition coefficient (Wildman–Crippen LogP) is 0.959. The van der Waals surface area contributed by atoms with Gasteiger partial charge in [0.05, 0.1) is 31.2 Å². The minimum atomic E-state index is 0.602. The molecule has 4 N–H and O–H groups in total. The van der Waals surface area contributed by atoms with Crippen molar-refractivity contribution < 1.29 is 4.79 Å². The number of halogens is 1. The van der Waals surface area contributed by atoms with Crippen LogP contribution in [-0.4, -0.2) is 26.2 Å². The van der Waals surface area contributed by atoms with Crippen LogP contribution < -0.4 is 21.4 Å². The molecular formula is C21H15IN4O. The number of hydrogen-bond acceptors (Lipinski definition) is 1. The van der Waals surface area contributed by atoms with Gasteiger partial charge in [0.25, 0.3) is 0 Å². The van der Waals surface area contributed by atoms with Gasteiger partial charge in [0.15, 0.2) is 6.29 Å². The highest BCUT2D eigenvalue weighted by molar-refractivity contribution is 14.1. The molecule has 0 radical (unpaired) electrons. The number of hydrogen-bond donors (Lipinski definition) is 4. The summed E-state index contributed by atoms with van der Waals surface area (Å²) in [7, 11) is 0. The molecule has 5 nitrogen and oxygen atoms in total. The van der Waals surface area contributed by atoms with Crippen LogP contribution in [0.4, 0.5) is 0 Å². The van der Waals surface area contributed by atoms with E-state index in [0.717, 1.165) is 54.0 Å². The van der Waals surface area contributed by atoms with Crippen molar-refractivity contribution in [2.24, 2.45) is 0 Å². The molecule has 0 unspecified atom stereocenters. The van der Waals surface area contributed by atoms with Gasteiger partial charge in [0, 0.05) is 22.1 Å². The second-order valence-corrected chi connectivity index (χ2v) is 7.52. The fraction of sp³-hybridized carbons (Fsp3) is 0. The lowest BCUT2D eigenvalue weighted by molar-refractivity contribution is -0.103. The van der Waals surface area contributed by atoms with Gasteiger partial charge >= 0.3 is 0 Å². The smallest absolute Gasteiger partial charge is 0.154 e. The maximum Gasteiger partial charge on any atom is 0.154 e. The van der Waals surface area contributed by atoms with Crippen LogP contribution >= 0.6 is 22.6 Å². The number of nitrogens with one attached hydrogen (secondary N) is 4. The van der Waals surface area contributed by atoms with E-state index < -0.39 is 0 Å². The average Bonchev–Trinajstić information content (AvgIpc) is 3.44. The van der Waals surface area contributed by atoms with E-state index >= 15 is 0 Å². The van der Waals surface area contributed by atoms with Crippen LogP contribution in [0.2, 0.25) is 0 Å². The minimum Gasteiger partial charge on any atom is -0.355 e. The summed E-state index contributed by atoms with van der Waals surface area (Å²) in [5.41, 5.74) is 4.36. The summed E-state index contributed by atoms with van der Waals surface area (Å²) in [6.45, 7) is 0. The van der Waals surface area contributed by atoms with Crippen LogP contribution in [0.1, 0.15) is 22.8 Å². The van der Waals surface area contributed by atoms with Crippen LogP contribution in [0, 0.1) is 0 Å². The van der Waals surface area contributed by atoms with Crippen molar-refractivity contribution in [2.75, 3.05) is 0 Å². The lowest BCUT2D eigenvalue weighted by atomic mass is 10.2. The van der Waals surface area contributed by atoms with Crippen molar-refractivity contribution in [2.45, 2.75) is 0 Å². The second-order valence-electron chi connectivity index (χ2n) is 6.44. The Morgan fingerprint density at radius 1 is 0.667 bits per heavy atom. The summed E-state index contributed by atoms with van der Waals surface area (Å²) >= 11 is 2.32. The number of aromatic amines is 4. The molecule has 1 aliphatic heterocycles. The van der Waals surface area contributed by atoms with E-state index in [1.165, 1.54) is 0 Å². The van der Waals surface area contributed by atoms with Crippen molar-refractivity contribution in [3.63, 3.8) is 0 Å². The summed E-state index contributed by atoms with van der Waals surface area (Å²) in [6, 6.07) is 16.0. The zero-order valence-electron chi connectivity index (χ0n) is 14.1. The molecule has 5 rings (SSSR count). The van der Waals surface area contributed by atoms with E-state index in [2.05, 4.69) is 60.7 Å². The highest BCUT2D eigenvalue weighted by atomic mass is 127. The molecule has 4 aromatic rings. The first kappa shape index (κ1) is 16.2.